The Bertz CT molecular complexity index is 443. The summed E-state index contributed by atoms with van der Waals surface area (Å²) >= 11 is 0. The number of aromatic hydroxyl groups is 1. The van der Waals surface area contributed by atoms with E-state index in [1.54, 1.807) is 7.11 Å². The number of methoxy groups -OCH3 is 2. The van der Waals surface area contributed by atoms with Gasteiger partial charge < -0.3 is 19.5 Å². The molecular weight excluding hydrogens is 262 g/mol. The van der Waals surface area contributed by atoms with Gasteiger partial charge >= 0.3 is 5.97 Å². The van der Waals surface area contributed by atoms with Crippen LogP contribution in [0.25, 0.3) is 0 Å². The summed E-state index contributed by atoms with van der Waals surface area (Å²) in [6.45, 7) is 1.02. The second-order valence-electron chi connectivity index (χ2n) is 4.16. The number of amides is 1. The van der Waals surface area contributed by atoms with Crippen molar-refractivity contribution in [3.8, 4) is 5.75 Å². The van der Waals surface area contributed by atoms with E-state index in [1.165, 1.54) is 36.3 Å². The molecule has 0 aromatic heterocycles. The zero-order valence-electron chi connectivity index (χ0n) is 11.7. The molecule has 0 fully saturated rings. The highest BCUT2D eigenvalue weighted by molar-refractivity contribution is 5.94. The Morgan fingerprint density at radius 1 is 1.15 bits per heavy atom. The normalized spacial score (nSPS) is 10.1. The zero-order valence-corrected chi connectivity index (χ0v) is 11.7. The monoisotopic (exact) mass is 281 g/mol. The van der Waals surface area contributed by atoms with Gasteiger partial charge in [0.25, 0.3) is 5.91 Å². The standard InChI is InChI=1S/C14H19NO5/c1-19-10-9-15(8-7-13(17)20-2)14(18)11-3-5-12(16)6-4-11/h3-6,16H,7-10H2,1-2H3. The summed E-state index contributed by atoms with van der Waals surface area (Å²) < 4.78 is 9.53. The second-order valence-corrected chi connectivity index (χ2v) is 4.16. The van der Waals surface area contributed by atoms with E-state index in [0.717, 1.165) is 0 Å². The van der Waals surface area contributed by atoms with Crippen LogP contribution in [0.5, 0.6) is 5.75 Å². The van der Waals surface area contributed by atoms with Crippen molar-refractivity contribution in [3.05, 3.63) is 29.8 Å². The number of phenols is 1. The Kier molecular flexibility index (Phi) is 6.52. The van der Waals surface area contributed by atoms with Crippen molar-refractivity contribution in [1.29, 1.82) is 0 Å². The third-order valence-corrected chi connectivity index (χ3v) is 2.78. The summed E-state index contributed by atoms with van der Waals surface area (Å²) in [7, 11) is 2.85. The first-order chi connectivity index (χ1) is 9.58. The fourth-order valence-corrected chi connectivity index (χ4v) is 1.63. The Morgan fingerprint density at radius 3 is 2.35 bits per heavy atom. The fourth-order valence-electron chi connectivity index (χ4n) is 1.63. The molecule has 0 atom stereocenters. The number of carbonyl (C=O) groups is 2. The van der Waals surface area contributed by atoms with Gasteiger partial charge in [-0.15, -0.1) is 0 Å². The van der Waals surface area contributed by atoms with Crippen molar-refractivity contribution >= 4 is 11.9 Å². The molecule has 0 saturated heterocycles. The number of carbonyl (C=O) groups excluding carboxylic acids is 2. The van der Waals surface area contributed by atoms with E-state index in [0.29, 0.717) is 18.7 Å². The van der Waals surface area contributed by atoms with Crippen LogP contribution in [-0.4, -0.2) is 55.8 Å². The Balaban J connectivity index is 2.72. The molecule has 0 aliphatic heterocycles. The molecule has 1 rings (SSSR count). The van der Waals surface area contributed by atoms with Crippen LogP contribution in [0.4, 0.5) is 0 Å². The molecule has 110 valence electrons. The minimum absolute atomic E-state index is 0.0968. The SMILES string of the molecule is COCCN(CCC(=O)OC)C(=O)c1ccc(O)cc1. The molecule has 1 amide bonds. The fraction of sp³-hybridized carbons (Fsp3) is 0.429. The quantitative estimate of drug-likeness (QED) is 0.756. The third kappa shape index (κ3) is 4.89. The maximum absolute atomic E-state index is 12.3. The number of nitrogens with zero attached hydrogens (tertiary/aromatic N) is 1. The number of benzene rings is 1. The molecule has 6 heteroatoms. The lowest BCUT2D eigenvalue weighted by atomic mass is 10.2. The number of ether oxygens (including phenoxy) is 2. The molecule has 0 unspecified atom stereocenters. The largest absolute Gasteiger partial charge is 0.508 e. The van der Waals surface area contributed by atoms with Crippen LogP contribution >= 0.6 is 0 Å². The van der Waals surface area contributed by atoms with Crippen molar-refractivity contribution in [2.24, 2.45) is 0 Å². The van der Waals surface area contributed by atoms with E-state index in [9.17, 15) is 14.7 Å². The van der Waals surface area contributed by atoms with E-state index in [-0.39, 0.29) is 30.6 Å². The lowest BCUT2D eigenvalue weighted by molar-refractivity contribution is -0.140. The van der Waals surface area contributed by atoms with Gasteiger partial charge in [0.1, 0.15) is 5.75 Å². The van der Waals surface area contributed by atoms with Crippen molar-refractivity contribution in [2.75, 3.05) is 33.9 Å². The summed E-state index contributed by atoms with van der Waals surface area (Å²) in [5.74, 6) is -0.489. The average molecular weight is 281 g/mol. The van der Waals surface area contributed by atoms with E-state index in [2.05, 4.69) is 4.74 Å². The van der Waals surface area contributed by atoms with E-state index in [4.69, 9.17) is 4.74 Å². The molecule has 1 aromatic rings. The van der Waals surface area contributed by atoms with Crippen molar-refractivity contribution in [2.45, 2.75) is 6.42 Å². The molecule has 0 aliphatic rings. The molecule has 6 nitrogen and oxygen atoms in total. The van der Waals surface area contributed by atoms with E-state index >= 15 is 0 Å². The van der Waals surface area contributed by atoms with Gasteiger partial charge in [-0.2, -0.15) is 0 Å². The minimum atomic E-state index is -0.370. The lowest BCUT2D eigenvalue weighted by Gasteiger charge is -2.22. The summed E-state index contributed by atoms with van der Waals surface area (Å²) in [5.41, 5.74) is 0.448. The van der Waals surface area contributed by atoms with Gasteiger partial charge in [-0.3, -0.25) is 9.59 Å². The first kappa shape index (κ1) is 16.0. The molecule has 0 aliphatic carbocycles. The second kappa shape index (κ2) is 8.16. The maximum atomic E-state index is 12.3. The van der Waals surface area contributed by atoms with Crippen LogP contribution in [0.3, 0.4) is 0 Å². The molecule has 1 N–H and O–H groups in total. The number of phenolic OH excluding ortho intramolecular Hbond substituents is 1. The third-order valence-electron chi connectivity index (χ3n) is 2.78. The molecule has 1 aromatic carbocycles. The minimum Gasteiger partial charge on any atom is -0.508 e. The van der Waals surface area contributed by atoms with Gasteiger partial charge in [0.15, 0.2) is 0 Å². The predicted molar refractivity (Wildman–Crippen MR) is 72.5 cm³/mol. The van der Waals surface area contributed by atoms with E-state index in [1.807, 2.05) is 0 Å². The number of esters is 1. The predicted octanol–water partition coefficient (Wildman–Crippen LogP) is 1.04. The number of rotatable bonds is 7. The number of hydrogen-bond acceptors (Lipinski definition) is 5. The van der Waals surface area contributed by atoms with Gasteiger partial charge in [0, 0.05) is 25.8 Å². The Morgan fingerprint density at radius 2 is 1.80 bits per heavy atom. The maximum Gasteiger partial charge on any atom is 0.307 e. The number of hydrogen-bond donors (Lipinski definition) is 1. The lowest BCUT2D eigenvalue weighted by Crippen LogP contribution is -2.35. The summed E-state index contributed by atoms with van der Waals surface area (Å²) in [6, 6.07) is 5.97. The highest BCUT2D eigenvalue weighted by Gasteiger charge is 2.16. The van der Waals surface area contributed by atoms with Crippen LogP contribution < -0.4 is 0 Å². The van der Waals surface area contributed by atoms with Crippen molar-refractivity contribution in [1.82, 2.24) is 4.90 Å². The van der Waals surface area contributed by atoms with Crippen LogP contribution in [0, 0.1) is 0 Å². The first-order valence-electron chi connectivity index (χ1n) is 6.22. The highest BCUT2D eigenvalue weighted by Crippen LogP contribution is 2.12. The van der Waals surface area contributed by atoms with Crippen LogP contribution in [0.2, 0.25) is 0 Å². The summed E-state index contributed by atoms with van der Waals surface area (Å²) in [5, 5.41) is 9.22. The van der Waals surface area contributed by atoms with Crippen molar-refractivity contribution < 1.29 is 24.2 Å². The summed E-state index contributed by atoms with van der Waals surface area (Å²) in [6.07, 6.45) is 0.129. The summed E-state index contributed by atoms with van der Waals surface area (Å²) in [4.78, 5) is 25.0. The van der Waals surface area contributed by atoms with Crippen LogP contribution in [0.15, 0.2) is 24.3 Å². The molecule has 0 radical (unpaired) electrons. The van der Waals surface area contributed by atoms with E-state index < -0.39 is 0 Å². The zero-order chi connectivity index (χ0) is 15.0. The molecule has 0 heterocycles. The van der Waals surface area contributed by atoms with Crippen LogP contribution in [-0.2, 0) is 14.3 Å². The average Bonchev–Trinajstić information content (AvgIpc) is 2.47. The molecule has 0 bridgehead atoms. The van der Waals surface area contributed by atoms with Gasteiger partial charge in [0.2, 0.25) is 0 Å². The van der Waals surface area contributed by atoms with Gasteiger partial charge in [-0.25, -0.2) is 0 Å². The Labute approximate surface area is 117 Å². The smallest absolute Gasteiger partial charge is 0.307 e. The van der Waals surface area contributed by atoms with Gasteiger partial charge in [-0.1, -0.05) is 0 Å². The van der Waals surface area contributed by atoms with Crippen molar-refractivity contribution in [3.63, 3.8) is 0 Å². The molecule has 20 heavy (non-hydrogen) atoms. The van der Waals surface area contributed by atoms with Crippen LogP contribution in [0.1, 0.15) is 16.8 Å². The van der Waals surface area contributed by atoms with Gasteiger partial charge in [-0.05, 0) is 24.3 Å². The molecule has 0 spiro atoms. The Hall–Kier alpha value is -2.08. The molecular formula is C14H19NO5. The highest BCUT2D eigenvalue weighted by atomic mass is 16.5. The topological polar surface area (TPSA) is 76.1 Å². The van der Waals surface area contributed by atoms with Gasteiger partial charge in [0.05, 0.1) is 20.1 Å². The first-order valence-corrected chi connectivity index (χ1v) is 6.22. The molecule has 0 saturated carbocycles.